The Bertz CT molecular complexity index is 557. The maximum atomic E-state index is 13.5. The van der Waals surface area contributed by atoms with E-state index in [1.165, 1.54) is 6.07 Å². The number of benzene rings is 2. The van der Waals surface area contributed by atoms with Crippen molar-refractivity contribution < 1.29 is 9.13 Å². The van der Waals surface area contributed by atoms with Crippen molar-refractivity contribution in [1.29, 1.82) is 0 Å². The number of hydrogen-bond acceptors (Lipinski definition) is 3. The van der Waals surface area contributed by atoms with Crippen LogP contribution in [0.1, 0.15) is 24.5 Å². The molecule has 0 aliphatic carbocycles. The van der Waals surface area contributed by atoms with Crippen LogP contribution >= 0.6 is 0 Å². The molecule has 0 saturated heterocycles. The molecule has 2 aromatic carbocycles. The van der Waals surface area contributed by atoms with Gasteiger partial charge in [-0.05, 0) is 30.2 Å². The molecule has 4 heteroatoms. The van der Waals surface area contributed by atoms with Gasteiger partial charge in [0.2, 0.25) is 0 Å². The lowest BCUT2D eigenvalue weighted by atomic mass is 10.2. The van der Waals surface area contributed by atoms with Crippen LogP contribution in [0.25, 0.3) is 0 Å². The molecule has 0 aromatic heterocycles. The number of ether oxygens (including phenoxy) is 1. The van der Waals surface area contributed by atoms with E-state index >= 15 is 0 Å². The van der Waals surface area contributed by atoms with Crippen LogP contribution in [-0.4, -0.2) is 6.17 Å². The maximum Gasteiger partial charge on any atom is 0.129 e. The summed E-state index contributed by atoms with van der Waals surface area (Å²) in [6.45, 7) is 2.99. The van der Waals surface area contributed by atoms with E-state index in [2.05, 4.69) is 5.32 Å². The minimum absolute atomic E-state index is 0.0157. The predicted octanol–water partition coefficient (Wildman–Crippen LogP) is 3.19. The fourth-order valence-electron chi connectivity index (χ4n) is 1.87. The molecule has 112 valence electrons. The van der Waals surface area contributed by atoms with Gasteiger partial charge in [0.25, 0.3) is 0 Å². The lowest BCUT2D eigenvalue weighted by Gasteiger charge is -2.12. The molecule has 0 aliphatic rings. The van der Waals surface area contributed by atoms with Gasteiger partial charge in [0.1, 0.15) is 18.2 Å². The molecule has 0 saturated carbocycles. The third kappa shape index (κ3) is 4.85. The molecule has 0 amide bonds. The lowest BCUT2D eigenvalue weighted by Crippen LogP contribution is -2.35. The van der Waals surface area contributed by atoms with Crippen LogP contribution in [-0.2, 0) is 13.2 Å². The van der Waals surface area contributed by atoms with Crippen molar-refractivity contribution in [2.24, 2.45) is 5.73 Å². The van der Waals surface area contributed by atoms with Crippen molar-refractivity contribution in [3.63, 3.8) is 0 Å². The van der Waals surface area contributed by atoms with Crippen LogP contribution in [0.3, 0.4) is 0 Å². The second kappa shape index (κ2) is 7.76. The number of nitrogens with two attached hydrogens (primary N) is 1. The van der Waals surface area contributed by atoms with Gasteiger partial charge >= 0.3 is 0 Å². The van der Waals surface area contributed by atoms with Crippen LogP contribution in [0.5, 0.6) is 5.75 Å². The topological polar surface area (TPSA) is 47.3 Å². The molecule has 0 aliphatic heterocycles. The molecule has 2 rings (SSSR count). The first-order valence-electron chi connectivity index (χ1n) is 7.13. The SMILES string of the molecule is CCC(N)NCc1ccc(OCc2ccccc2F)cc1. The van der Waals surface area contributed by atoms with Gasteiger partial charge in [0.15, 0.2) is 0 Å². The average Bonchev–Trinajstić information content (AvgIpc) is 2.53. The van der Waals surface area contributed by atoms with E-state index in [1.807, 2.05) is 31.2 Å². The summed E-state index contributed by atoms with van der Waals surface area (Å²) in [5.41, 5.74) is 7.49. The molecule has 3 nitrogen and oxygen atoms in total. The molecule has 0 radical (unpaired) electrons. The smallest absolute Gasteiger partial charge is 0.129 e. The van der Waals surface area contributed by atoms with E-state index in [9.17, 15) is 4.39 Å². The van der Waals surface area contributed by atoms with E-state index in [0.29, 0.717) is 5.56 Å². The van der Waals surface area contributed by atoms with E-state index in [1.54, 1.807) is 18.2 Å². The van der Waals surface area contributed by atoms with Crippen molar-refractivity contribution in [2.75, 3.05) is 0 Å². The van der Waals surface area contributed by atoms with Crippen molar-refractivity contribution in [3.05, 3.63) is 65.5 Å². The number of rotatable bonds is 7. The van der Waals surface area contributed by atoms with Gasteiger partial charge in [-0.1, -0.05) is 37.3 Å². The minimum atomic E-state index is -0.244. The Balaban J connectivity index is 1.86. The highest BCUT2D eigenvalue weighted by Crippen LogP contribution is 2.15. The summed E-state index contributed by atoms with van der Waals surface area (Å²) in [5.74, 6) is 0.480. The van der Waals surface area contributed by atoms with Crippen molar-refractivity contribution in [2.45, 2.75) is 32.7 Å². The zero-order valence-corrected chi connectivity index (χ0v) is 12.2. The lowest BCUT2D eigenvalue weighted by molar-refractivity contribution is 0.299. The normalized spacial score (nSPS) is 12.1. The largest absolute Gasteiger partial charge is 0.489 e. The molecule has 3 N–H and O–H groups in total. The Morgan fingerprint density at radius 2 is 1.86 bits per heavy atom. The van der Waals surface area contributed by atoms with Gasteiger partial charge in [-0.2, -0.15) is 0 Å². The van der Waals surface area contributed by atoms with Gasteiger partial charge in [-0.3, -0.25) is 5.32 Å². The molecule has 1 atom stereocenters. The van der Waals surface area contributed by atoms with Crippen LogP contribution in [0.15, 0.2) is 48.5 Å². The van der Waals surface area contributed by atoms with Gasteiger partial charge in [-0.15, -0.1) is 0 Å². The molecule has 0 bridgehead atoms. The minimum Gasteiger partial charge on any atom is -0.489 e. The maximum absolute atomic E-state index is 13.5. The average molecular weight is 288 g/mol. The van der Waals surface area contributed by atoms with Gasteiger partial charge in [0.05, 0.1) is 6.17 Å². The fourth-order valence-corrected chi connectivity index (χ4v) is 1.87. The highest BCUT2D eigenvalue weighted by molar-refractivity contribution is 5.28. The molecule has 0 fully saturated rings. The Labute approximate surface area is 124 Å². The van der Waals surface area contributed by atoms with Gasteiger partial charge in [0, 0.05) is 12.1 Å². The Morgan fingerprint density at radius 1 is 1.14 bits per heavy atom. The Morgan fingerprint density at radius 3 is 2.52 bits per heavy atom. The second-order valence-electron chi connectivity index (χ2n) is 4.92. The summed E-state index contributed by atoms with van der Waals surface area (Å²) in [5, 5.41) is 3.22. The van der Waals surface area contributed by atoms with E-state index in [-0.39, 0.29) is 18.6 Å². The van der Waals surface area contributed by atoms with Crippen molar-refractivity contribution in [3.8, 4) is 5.75 Å². The summed E-state index contributed by atoms with van der Waals surface area (Å²) >= 11 is 0. The molecular formula is C17H21FN2O. The molecule has 21 heavy (non-hydrogen) atoms. The van der Waals surface area contributed by atoms with Crippen LogP contribution in [0.4, 0.5) is 4.39 Å². The number of nitrogens with one attached hydrogen (secondary N) is 1. The second-order valence-corrected chi connectivity index (χ2v) is 4.92. The van der Waals surface area contributed by atoms with Crippen molar-refractivity contribution in [1.82, 2.24) is 5.32 Å². The molecular weight excluding hydrogens is 267 g/mol. The third-order valence-corrected chi connectivity index (χ3v) is 3.28. The summed E-state index contributed by atoms with van der Waals surface area (Å²) in [7, 11) is 0. The van der Waals surface area contributed by atoms with Gasteiger partial charge < -0.3 is 10.5 Å². The standard InChI is InChI=1S/C17H21FN2O/c1-2-17(19)20-11-13-7-9-15(10-8-13)21-12-14-5-3-4-6-16(14)18/h3-10,17,20H,2,11-12,19H2,1H3. The number of hydrogen-bond donors (Lipinski definition) is 2. The predicted molar refractivity (Wildman–Crippen MR) is 82.3 cm³/mol. The zero-order valence-electron chi connectivity index (χ0n) is 12.2. The third-order valence-electron chi connectivity index (χ3n) is 3.28. The first-order valence-corrected chi connectivity index (χ1v) is 7.13. The van der Waals surface area contributed by atoms with Crippen LogP contribution in [0.2, 0.25) is 0 Å². The molecule has 1 unspecified atom stereocenters. The quantitative estimate of drug-likeness (QED) is 0.769. The highest BCUT2D eigenvalue weighted by Gasteiger charge is 2.02. The fraction of sp³-hybridized carbons (Fsp3) is 0.294. The number of halogens is 1. The summed E-state index contributed by atoms with van der Waals surface area (Å²) in [4.78, 5) is 0. The molecule has 2 aromatic rings. The van der Waals surface area contributed by atoms with Gasteiger partial charge in [-0.25, -0.2) is 4.39 Å². The first kappa shape index (κ1) is 15.5. The monoisotopic (exact) mass is 288 g/mol. The van der Waals surface area contributed by atoms with E-state index in [0.717, 1.165) is 24.3 Å². The summed E-state index contributed by atoms with van der Waals surface area (Å²) in [6, 6.07) is 14.3. The van der Waals surface area contributed by atoms with E-state index in [4.69, 9.17) is 10.5 Å². The first-order chi connectivity index (χ1) is 10.2. The molecule has 0 spiro atoms. The van der Waals surface area contributed by atoms with Crippen LogP contribution < -0.4 is 15.8 Å². The van der Waals surface area contributed by atoms with Crippen LogP contribution in [0, 0.1) is 5.82 Å². The Kier molecular flexibility index (Phi) is 5.72. The van der Waals surface area contributed by atoms with Crippen molar-refractivity contribution >= 4 is 0 Å². The van der Waals surface area contributed by atoms with E-state index < -0.39 is 0 Å². The Hall–Kier alpha value is -1.91. The summed E-state index contributed by atoms with van der Waals surface area (Å²) < 4.78 is 19.1. The molecule has 0 heterocycles. The summed E-state index contributed by atoms with van der Waals surface area (Å²) in [6.07, 6.45) is 0.908. The zero-order chi connectivity index (χ0) is 15.1. The highest BCUT2D eigenvalue weighted by atomic mass is 19.1.